The van der Waals surface area contributed by atoms with Crippen LogP contribution in [-0.4, -0.2) is 37.4 Å². The molecule has 4 rings (SSSR count). The van der Waals surface area contributed by atoms with Crippen molar-refractivity contribution in [1.82, 2.24) is 19.7 Å². The van der Waals surface area contributed by atoms with Gasteiger partial charge in [0.1, 0.15) is 29.0 Å². The molecule has 0 aliphatic carbocycles. The summed E-state index contributed by atoms with van der Waals surface area (Å²) in [6.07, 6.45) is 0. The maximum absolute atomic E-state index is 12.6. The summed E-state index contributed by atoms with van der Waals surface area (Å²) in [5, 5.41) is 24.3. The Labute approximate surface area is 188 Å². The summed E-state index contributed by atoms with van der Waals surface area (Å²) >= 11 is 6.38. The Morgan fingerprint density at radius 3 is 2.66 bits per heavy atom. The molecule has 0 unspecified atom stereocenters. The number of aromatic nitrogens is 4. The number of hydrogen-bond donors (Lipinski definition) is 2. The lowest BCUT2D eigenvalue weighted by molar-refractivity contribution is 0.0502. The number of hydrogen-bond acceptors (Lipinski definition) is 6. The van der Waals surface area contributed by atoms with E-state index in [1.54, 1.807) is 19.1 Å². The van der Waals surface area contributed by atoms with Gasteiger partial charge in [-0.2, -0.15) is 10.4 Å². The van der Waals surface area contributed by atoms with E-state index in [2.05, 4.69) is 15.1 Å². The van der Waals surface area contributed by atoms with Crippen LogP contribution < -0.4 is 0 Å². The highest BCUT2D eigenvalue weighted by atomic mass is 35.5. The number of ether oxygens (including phenoxy) is 1. The lowest BCUT2D eigenvalue weighted by atomic mass is 10.2. The molecule has 0 spiro atoms. The first-order valence-corrected chi connectivity index (χ1v) is 10.1. The van der Waals surface area contributed by atoms with Gasteiger partial charge in [0.05, 0.1) is 23.3 Å². The number of fused-ring (bicyclic) bond motifs is 1. The van der Waals surface area contributed by atoms with Gasteiger partial charge in [-0.05, 0) is 24.6 Å². The van der Waals surface area contributed by atoms with E-state index in [0.717, 1.165) is 5.56 Å². The Morgan fingerprint density at radius 1 is 1.22 bits per heavy atom. The molecule has 0 aliphatic rings. The van der Waals surface area contributed by atoms with Gasteiger partial charge in [-0.1, -0.05) is 54.1 Å². The summed E-state index contributed by atoms with van der Waals surface area (Å²) in [4.78, 5) is 19.9. The van der Waals surface area contributed by atoms with Crippen LogP contribution in [0.25, 0.3) is 16.6 Å². The van der Waals surface area contributed by atoms with Gasteiger partial charge in [-0.25, -0.2) is 14.5 Å². The molecule has 4 aromatic rings. The molecule has 9 heteroatoms. The van der Waals surface area contributed by atoms with Gasteiger partial charge in [-0.3, -0.25) is 0 Å². The number of para-hydroxylation sites is 2. The van der Waals surface area contributed by atoms with Crippen LogP contribution >= 0.6 is 11.6 Å². The summed E-state index contributed by atoms with van der Waals surface area (Å²) in [5.41, 5.74) is 2.73. The molecule has 2 N–H and O–H groups in total. The van der Waals surface area contributed by atoms with E-state index in [-0.39, 0.29) is 22.1 Å². The van der Waals surface area contributed by atoms with Gasteiger partial charge in [-0.15, -0.1) is 0 Å². The maximum Gasteiger partial charge on any atom is 0.343 e. The summed E-state index contributed by atoms with van der Waals surface area (Å²) in [6, 6.07) is 18.7. The quantitative estimate of drug-likeness (QED) is 0.257. The monoisotopic (exact) mass is 447 g/mol. The molecule has 2 aromatic heterocycles. The van der Waals surface area contributed by atoms with Gasteiger partial charge < -0.3 is 14.8 Å². The van der Waals surface area contributed by atoms with Crippen molar-refractivity contribution >= 4 is 34.2 Å². The molecule has 2 heterocycles. The number of carbonyl (C=O) groups excluding carboxylic acids is 1. The van der Waals surface area contributed by atoms with Gasteiger partial charge in [0.25, 0.3) is 0 Å². The van der Waals surface area contributed by atoms with Gasteiger partial charge in [0.15, 0.2) is 11.6 Å². The van der Waals surface area contributed by atoms with Crippen LogP contribution in [0.4, 0.5) is 0 Å². The van der Waals surface area contributed by atoms with Crippen LogP contribution in [0.5, 0.6) is 0 Å². The zero-order chi connectivity index (χ0) is 22.7. The lowest BCUT2D eigenvalue weighted by Gasteiger charge is -2.06. The molecule has 0 amide bonds. The first-order valence-electron chi connectivity index (χ1n) is 9.69. The van der Waals surface area contributed by atoms with Crippen LogP contribution in [0.2, 0.25) is 5.15 Å². The second kappa shape index (κ2) is 8.96. The Hall–Kier alpha value is -4.09. The largest absolute Gasteiger partial charge is 0.507 e. The third kappa shape index (κ3) is 4.19. The SMILES string of the molecule is Cc1nn(Cc2ccccc2)c(Cl)c1C(=O)OC/C(O)=C(\C#N)c1nc2ccccc2[nH]1. The molecule has 0 saturated carbocycles. The zero-order valence-corrected chi connectivity index (χ0v) is 17.8. The van der Waals surface area contributed by atoms with E-state index in [9.17, 15) is 15.2 Å². The number of halogens is 1. The number of nitrogens with zero attached hydrogens (tertiary/aromatic N) is 4. The summed E-state index contributed by atoms with van der Waals surface area (Å²) in [6.45, 7) is 1.52. The highest BCUT2D eigenvalue weighted by Gasteiger charge is 2.23. The molecule has 32 heavy (non-hydrogen) atoms. The Balaban J connectivity index is 1.52. The predicted molar refractivity (Wildman–Crippen MR) is 119 cm³/mol. The fourth-order valence-corrected chi connectivity index (χ4v) is 3.56. The molecule has 160 valence electrons. The van der Waals surface area contributed by atoms with Gasteiger partial charge in [0, 0.05) is 0 Å². The fourth-order valence-electron chi connectivity index (χ4n) is 3.25. The van der Waals surface area contributed by atoms with Gasteiger partial charge >= 0.3 is 5.97 Å². The number of benzene rings is 2. The zero-order valence-electron chi connectivity index (χ0n) is 17.0. The van der Waals surface area contributed by atoms with Crippen molar-refractivity contribution in [1.29, 1.82) is 5.26 Å². The minimum absolute atomic E-state index is 0.109. The lowest BCUT2D eigenvalue weighted by Crippen LogP contribution is -2.10. The normalized spacial score (nSPS) is 11.8. The number of H-pyrrole nitrogens is 1. The average molecular weight is 448 g/mol. The molecule has 8 nitrogen and oxygen atoms in total. The fraction of sp³-hybridized carbons (Fsp3) is 0.130. The van der Waals surface area contributed by atoms with Gasteiger partial charge in [0.2, 0.25) is 0 Å². The van der Waals surface area contributed by atoms with Crippen LogP contribution in [0.3, 0.4) is 0 Å². The number of carbonyl (C=O) groups is 1. The van der Waals surface area contributed by atoms with Crippen molar-refractivity contribution in [2.24, 2.45) is 0 Å². The third-order valence-corrected chi connectivity index (χ3v) is 5.20. The smallest absolute Gasteiger partial charge is 0.343 e. The minimum atomic E-state index is -0.750. The van der Waals surface area contributed by atoms with E-state index < -0.39 is 18.3 Å². The maximum atomic E-state index is 12.6. The van der Waals surface area contributed by atoms with Crippen LogP contribution in [-0.2, 0) is 11.3 Å². The molecule has 0 atom stereocenters. The number of allylic oxidation sites excluding steroid dienone is 1. The van der Waals surface area contributed by atoms with Crippen molar-refractivity contribution in [2.75, 3.05) is 6.61 Å². The predicted octanol–water partition coefficient (Wildman–Crippen LogP) is 4.42. The summed E-state index contributed by atoms with van der Waals surface area (Å²) in [7, 11) is 0. The number of nitriles is 1. The third-order valence-electron chi connectivity index (χ3n) is 4.81. The highest BCUT2D eigenvalue weighted by molar-refractivity contribution is 6.32. The number of aliphatic hydroxyl groups excluding tert-OH is 1. The van der Waals surface area contributed by atoms with E-state index in [0.29, 0.717) is 23.3 Å². The van der Waals surface area contributed by atoms with Crippen LogP contribution in [0.1, 0.15) is 27.4 Å². The number of aryl methyl sites for hydroxylation is 1. The summed E-state index contributed by atoms with van der Waals surface area (Å²) in [5.74, 6) is -0.988. The first kappa shape index (κ1) is 21.2. The highest BCUT2D eigenvalue weighted by Crippen LogP contribution is 2.23. The van der Waals surface area contributed by atoms with Crippen molar-refractivity contribution < 1.29 is 14.6 Å². The second-order valence-corrected chi connectivity index (χ2v) is 7.36. The first-order chi connectivity index (χ1) is 15.5. The number of esters is 1. The molecule has 2 aromatic carbocycles. The van der Waals surface area contributed by atoms with Crippen LogP contribution in [0, 0.1) is 18.3 Å². The number of imidazole rings is 1. The molecular weight excluding hydrogens is 430 g/mol. The van der Waals surface area contributed by atoms with Crippen molar-refractivity contribution in [3.8, 4) is 6.07 Å². The average Bonchev–Trinajstić information content (AvgIpc) is 3.33. The minimum Gasteiger partial charge on any atom is -0.507 e. The second-order valence-electron chi connectivity index (χ2n) is 7.01. The van der Waals surface area contributed by atoms with Crippen molar-refractivity contribution in [3.63, 3.8) is 0 Å². The Kier molecular flexibility index (Phi) is 5.92. The van der Waals surface area contributed by atoms with Crippen molar-refractivity contribution in [3.05, 3.63) is 88.2 Å². The van der Waals surface area contributed by atoms with E-state index in [1.165, 1.54) is 4.68 Å². The molecule has 0 radical (unpaired) electrons. The number of nitrogens with one attached hydrogen (secondary N) is 1. The Morgan fingerprint density at radius 2 is 1.94 bits per heavy atom. The number of rotatable bonds is 6. The van der Waals surface area contributed by atoms with Crippen molar-refractivity contribution in [2.45, 2.75) is 13.5 Å². The van der Waals surface area contributed by atoms with E-state index >= 15 is 0 Å². The molecule has 0 saturated heterocycles. The van der Waals surface area contributed by atoms with E-state index in [1.807, 2.05) is 48.5 Å². The van der Waals surface area contributed by atoms with Crippen LogP contribution in [0.15, 0.2) is 60.4 Å². The molecular formula is C23H18ClN5O3. The van der Waals surface area contributed by atoms with E-state index in [4.69, 9.17) is 16.3 Å². The molecule has 0 fully saturated rings. The molecule has 0 aliphatic heterocycles. The topological polar surface area (TPSA) is 117 Å². The summed E-state index contributed by atoms with van der Waals surface area (Å²) < 4.78 is 6.72. The number of aliphatic hydroxyl groups is 1. The Bertz CT molecular complexity index is 1330. The number of aromatic amines is 1. The standard InChI is InChI=1S/C23H18ClN5O3/c1-14-20(21(24)29(28-14)12-15-7-3-2-4-8-15)23(31)32-13-19(30)16(11-25)22-26-17-9-5-6-10-18(17)27-22/h2-10,30H,12-13H2,1H3,(H,26,27)/b19-16-. The molecule has 0 bridgehead atoms.